The van der Waals surface area contributed by atoms with Crippen molar-refractivity contribution >= 4 is 27.9 Å². The normalized spacial score (nSPS) is 9.95. The molecule has 0 aliphatic heterocycles. The van der Waals surface area contributed by atoms with E-state index in [2.05, 4.69) is 15.9 Å². The molecule has 0 aliphatic rings. The fourth-order valence-corrected chi connectivity index (χ4v) is 1.90. The molecule has 2 aromatic carbocycles. The zero-order chi connectivity index (χ0) is 13.8. The van der Waals surface area contributed by atoms with Gasteiger partial charge in [0, 0.05) is 10.5 Å². The lowest BCUT2D eigenvalue weighted by atomic mass is 10.2. The third kappa shape index (κ3) is 3.17. The van der Waals surface area contributed by atoms with Gasteiger partial charge in [-0.1, -0.05) is 22.0 Å². The van der Waals surface area contributed by atoms with E-state index < -0.39 is 4.92 Å². The molecule has 0 saturated carbocycles. The molecule has 2 aromatic rings. The average molecular weight is 322 g/mol. The highest BCUT2D eigenvalue weighted by Crippen LogP contribution is 2.28. The number of hydrogen-bond acceptors (Lipinski definition) is 4. The number of carbonyl (C=O) groups is 1. The predicted molar refractivity (Wildman–Crippen MR) is 72.7 cm³/mol. The van der Waals surface area contributed by atoms with Gasteiger partial charge in [0.2, 0.25) is 0 Å². The molecular weight excluding hydrogens is 314 g/mol. The van der Waals surface area contributed by atoms with E-state index in [1.165, 1.54) is 18.2 Å². The topological polar surface area (TPSA) is 69.4 Å². The Morgan fingerprint density at radius 2 is 1.89 bits per heavy atom. The number of carbonyl (C=O) groups excluding carboxylic acids is 1. The van der Waals surface area contributed by atoms with Crippen molar-refractivity contribution < 1.29 is 14.5 Å². The number of benzene rings is 2. The summed E-state index contributed by atoms with van der Waals surface area (Å²) in [4.78, 5) is 20.9. The van der Waals surface area contributed by atoms with Gasteiger partial charge in [-0.2, -0.15) is 0 Å². The molecule has 0 spiro atoms. The van der Waals surface area contributed by atoms with E-state index in [4.69, 9.17) is 4.74 Å². The fraction of sp³-hybridized carbons (Fsp3) is 0. The monoisotopic (exact) mass is 321 g/mol. The molecule has 0 aliphatic carbocycles. The Labute approximate surface area is 117 Å². The van der Waals surface area contributed by atoms with Crippen LogP contribution in [0.2, 0.25) is 0 Å². The molecule has 0 aromatic heterocycles. The van der Waals surface area contributed by atoms with Crippen LogP contribution in [-0.2, 0) is 0 Å². The molecule has 0 atom stereocenters. The maximum Gasteiger partial charge on any atom is 0.280 e. The zero-order valence-corrected chi connectivity index (χ0v) is 11.2. The van der Waals surface area contributed by atoms with Crippen molar-refractivity contribution in [2.45, 2.75) is 0 Å². The van der Waals surface area contributed by atoms with E-state index in [1.807, 2.05) is 6.07 Å². The van der Waals surface area contributed by atoms with Crippen LogP contribution in [0.5, 0.6) is 11.5 Å². The summed E-state index contributed by atoms with van der Waals surface area (Å²) in [6, 6.07) is 11.2. The fourth-order valence-electron chi connectivity index (χ4n) is 1.52. The van der Waals surface area contributed by atoms with E-state index in [0.29, 0.717) is 17.8 Å². The largest absolute Gasteiger partial charge is 0.457 e. The molecule has 0 fully saturated rings. The first-order chi connectivity index (χ1) is 9.10. The number of nitro groups is 1. The SMILES string of the molecule is O=Cc1cc(Oc2cccc(Br)c2)ccc1[N+](=O)[O-]. The average Bonchev–Trinajstić information content (AvgIpc) is 2.38. The van der Waals surface area contributed by atoms with Gasteiger partial charge in [0.15, 0.2) is 6.29 Å². The molecule has 19 heavy (non-hydrogen) atoms. The number of nitrogens with zero attached hydrogens (tertiary/aromatic N) is 1. The maximum absolute atomic E-state index is 10.8. The molecule has 96 valence electrons. The lowest BCUT2D eigenvalue weighted by molar-refractivity contribution is -0.385. The van der Waals surface area contributed by atoms with Crippen LogP contribution in [0.25, 0.3) is 0 Å². The van der Waals surface area contributed by atoms with Crippen LogP contribution >= 0.6 is 15.9 Å². The number of rotatable bonds is 4. The van der Waals surface area contributed by atoms with Crippen molar-refractivity contribution in [2.75, 3.05) is 0 Å². The van der Waals surface area contributed by atoms with Crippen molar-refractivity contribution in [3.8, 4) is 11.5 Å². The van der Waals surface area contributed by atoms with Gasteiger partial charge in [-0.25, -0.2) is 0 Å². The Bertz CT molecular complexity index is 642. The Morgan fingerprint density at radius 3 is 2.53 bits per heavy atom. The van der Waals surface area contributed by atoms with E-state index in [9.17, 15) is 14.9 Å². The molecule has 0 radical (unpaired) electrons. The second-order valence-corrected chi connectivity index (χ2v) is 4.57. The molecule has 0 bridgehead atoms. The predicted octanol–water partition coefficient (Wildman–Crippen LogP) is 3.96. The standard InChI is InChI=1S/C13H8BrNO4/c14-10-2-1-3-11(7-10)19-12-4-5-13(15(17)18)9(6-12)8-16/h1-8H. The minimum atomic E-state index is -0.605. The van der Waals surface area contributed by atoms with E-state index in [0.717, 1.165) is 4.47 Å². The molecule has 0 heterocycles. The van der Waals surface area contributed by atoms with Crippen LogP contribution in [0.15, 0.2) is 46.9 Å². The Balaban J connectivity index is 2.31. The quantitative estimate of drug-likeness (QED) is 0.485. The summed E-state index contributed by atoms with van der Waals surface area (Å²) >= 11 is 3.31. The van der Waals surface area contributed by atoms with Crippen molar-refractivity contribution in [1.29, 1.82) is 0 Å². The molecule has 0 N–H and O–H groups in total. The smallest absolute Gasteiger partial charge is 0.280 e. The van der Waals surface area contributed by atoms with Gasteiger partial charge in [-0.15, -0.1) is 0 Å². The minimum Gasteiger partial charge on any atom is -0.457 e. The number of hydrogen-bond donors (Lipinski definition) is 0. The summed E-state index contributed by atoms with van der Waals surface area (Å²) in [7, 11) is 0. The third-order valence-corrected chi connectivity index (χ3v) is 2.85. The highest BCUT2D eigenvalue weighted by molar-refractivity contribution is 9.10. The Kier molecular flexibility index (Phi) is 3.91. The molecule has 0 amide bonds. The number of aldehydes is 1. The summed E-state index contributed by atoms with van der Waals surface area (Å²) in [6.45, 7) is 0. The number of ether oxygens (including phenoxy) is 1. The first-order valence-corrected chi connectivity index (χ1v) is 6.06. The number of halogens is 1. The minimum absolute atomic E-state index is 0.0162. The highest BCUT2D eigenvalue weighted by atomic mass is 79.9. The van der Waals surface area contributed by atoms with E-state index in [1.54, 1.807) is 18.2 Å². The van der Waals surface area contributed by atoms with Crippen LogP contribution in [-0.4, -0.2) is 11.2 Å². The number of nitro benzene ring substituents is 1. The summed E-state index contributed by atoms with van der Waals surface area (Å²) in [5.41, 5.74) is -0.255. The van der Waals surface area contributed by atoms with Crippen molar-refractivity contribution in [1.82, 2.24) is 0 Å². The van der Waals surface area contributed by atoms with Crippen molar-refractivity contribution in [3.05, 3.63) is 62.6 Å². The summed E-state index contributed by atoms with van der Waals surface area (Å²) in [6.07, 6.45) is 0.436. The lowest BCUT2D eigenvalue weighted by Gasteiger charge is -2.06. The zero-order valence-electron chi connectivity index (χ0n) is 9.58. The molecule has 0 saturated heterocycles. The van der Waals surface area contributed by atoms with Gasteiger partial charge < -0.3 is 4.74 Å². The van der Waals surface area contributed by atoms with Crippen molar-refractivity contribution in [3.63, 3.8) is 0 Å². The van der Waals surface area contributed by atoms with Gasteiger partial charge in [-0.05, 0) is 30.3 Å². The van der Waals surface area contributed by atoms with Crippen molar-refractivity contribution in [2.24, 2.45) is 0 Å². The molecule has 0 unspecified atom stereocenters. The first-order valence-electron chi connectivity index (χ1n) is 5.27. The third-order valence-electron chi connectivity index (χ3n) is 2.35. The lowest BCUT2D eigenvalue weighted by Crippen LogP contribution is -1.95. The summed E-state index contributed by atoms with van der Waals surface area (Å²) in [5, 5.41) is 10.7. The Morgan fingerprint density at radius 1 is 1.16 bits per heavy atom. The van der Waals surface area contributed by atoms with Crippen LogP contribution in [0.4, 0.5) is 5.69 Å². The molecular formula is C13H8BrNO4. The molecule has 6 heteroatoms. The second kappa shape index (κ2) is 5.62. The van der Waals surface area contributed by atoms with Gasteiger partial charge in [-0.3, -0.25) is 14.9 Å². The summed E-state index contributed by atoms with van der Waals surface area (Å²) in [5.74, 6) is 0.936. The van der Waals surface area contributed by atoms with Gasteiger partial charge in [0.25, 0.3) is 5.69 Å². The maximum atomic E-state index is 10.8. The van der Waals surface area contributed by atoms with E-state index in [-0.39, 0.29) is 11.3 Å². The van der Waals surface area contributed by atoms with Crippen LogP contribution < -0.4 is 4.74 Å². The van der Waals surface area contributed by atoms with Crippen LogP contribution in [0.1, 0.15) is 10.4 Å². The Hall–Kier alpha value is -2.21. The van der Waals surface area contributed by atoms with Crippen LogP contribution in [0, 0.1) is 10.1 Å². The van der Waals surface area contributed by atoms with Gasteiger partial charge >= 0.3 is 0 Å². The first kappa shape index (κ1) is 13.2. The molecule has 2 rings (SSSR count). The van der Waals surface area contributed by atoms with E-state index >= 15 is 0 Å². The second-order valence-electron chi connectivity index (χ2n) is 3.66. The van der Waals surface area contributed by atoms with Gasteiger partial charge in [0.1, 0.15) is 11.5 Å². The summed E-state index contributed by atoms with van der Waals surface area (Å²) < 4.78 is 6.37. The highest BCUT2D eigenvalue weighted by Gasteiger charge is 2.14. The van der Waals surface area contributed by atoms with Crippen LogP contribution in [0.3, 0.4) is 0 Å². The van der Waals surface area contributed by atoms with Gasteiger partial charge in [0.05, 0.1) is 10.5 Å². The molecule has 5 nitrogen and oxygen atoms in total.